The van der Waals surface area contributed by atoms with Gasteiger partial charge >= 0.3 is 5.97 Å². The third-order valence-electron chi connectivity index (χ3n) is 5.65. The summed E-state index contributed by atoms with van der Waals surface area (Å²) < 4.78 is 22.4. The second-order valence-electron chi connectivity index (χ2n) is 7.97. The third-order valence-corrected chi connectivity index (χ3v) is 5.65. The molecule has 4 aromatic rings. The molecule has 4 aromatic carbocycles. The van der Waals surface area contributed by atoms with E-state index in [0.29, 0.717) is 12.4 Å². The number of carbonyl (C=O) groups is 1. The van der Waals surface area contributed by atoms with Crippen molar-refractivity contribution in [2.24, 2.45) is 0 Å². The fourth-order valence-corrected chi connectivity index (χ4v) is 3.98. The highest BCUT2D eigenvalue weighted by Crippen LogP contribution is 2.43. The predicted molar refractivity (Wildman–Crippen MR) is 139 cm³/mol. The van der Waals surface area contributed by atoms with Gasteiger partial charge in [-0.3, -0.25) is 0 Å². The van der Waals surface area contributed by atoms with Crippen LogP contribution >= 0.6 is 0 Å². The summed E-state index contributed by atoms with van der Waals surface area (Å²) in [6.45, 7) is 4.20. The van der Waals surface area contributed by atoms with Gasteiger partial charge in [0.05, 0.1) is 20.8 Å². The number of aryl methyl sites for hydroxylation is 1. The van der Waals surface area contributed by atoms with Crippen molar-refractivity contribution in [3.63, 3.8) is 0 Å². The Balaban J connectivity index is 1.78. The molecule has 0 unspecified atom stereocenters. The smallest absolute Gasteiger partial charge is 0.330 e. The largest absolute Gasteiger partial charge is 0.497 e. The van der Waals surface area contributed by atoms with Gasteiger partial charge in [0.15, 0.2) is 0 Å². The minimum Gasteiger partial charge on any atom is -0.497 e. The summed E-state index contributed by atoms with van der Waals surface area (Å²) in [4.78, 5) is 11.6. The van der Waals surface area contributed by atoms with Crippen molar-refractivity contribution in [1.82, 2.24) is 0 Å². The highest BCUT2D eigenvalue weighted by atomic mass is 16.5. The summed E-state index contributed by atoms with van der Waals surface area (Å²) in [5.74, 6) is 2.64. The van der Waals surface area contributed by atoms with Crippen LogP contribution in [0.4, 0.5) is 0 Å². The first kappa shape index (κ1) is 23.9. The minimum atomic E-state index is -0.364. The van der Waals surface area contributed by atoms with Crippen LogP contribution in [0.3, 0.4) is 0 Å². The number of benzene rings is 4. The van der Waals surface area contributed by atoms with Gasteiger partial charge in [0.1, 0.15) is 23.0 Å². The maximum atomic E-state index is 11.6. The van der Waals surface area contributed by atoms with Crippen LogP contribution in [0.25, 0.3) is 28.0 Å². The quantitative estimate of drug-likeness (QED) is 0.202. The number of methoxy groups -OCH3 is 2. The molecular formula is C30H28O5. The summed E-state index contributed by atoms with van der Waals surface area (Å²) in [5.41, 5.74) is 3.94. The molecule has 0 N–H and O–H groups in total. The van der Waals surface area contributed by atoms with E-state index in [0.717, 1.165) is 50.3 Å². The summed E-state index contributed by atoms with van der Waals surface area (Å²) in [5, 5.41) is 2.00. The van der Waals surface area contributed by atoms with Crippen LogP contribution in [0.15, 0.2) is 78.9 Å². The van der Waals surface area contributed by atoms with E-state index < -0.39 is 0 Å². The van der Waals surface area contributed by atoms with Crippen molar-refractivity contribution in [3.8, 4) is 34.1 Å². The number of ether oxygens (including phenoxy) is 4. The van der Waals surface area contributed by atoms with Crippen LogP contribution in [0.1, 0.15) is 18.1 Å². The molecule has 0 spiro atoms. The summed E-state index contributed by atoms with van der Waals surface area (Å²) in [6.07, 6.45) is 3.14. The Bertz CT molecular complexity index is 1370. The molecule has 0 amide bonds. The van der Waals surface area contributed by atoms with Gasteiger partial charge in [-0.15, -0.1) is 0 Å². The number of hydrogen-bond acceptors (Lipinski definition) is 5. The molecule has 5 heteroatoms. The Kier molecular flexibility index (Phi) is 7.36. The first-order valence-corrected chi connectivity index (χ1v) is 11.4. The fourth-order valence-electron chi connectivity index (χ4n) is 3.98. The van der Waals surface area contributed by atoms with Gasteiger partial charge in [-0.25, -0.2) is 4.79 Å². The Hall–Kier alpha value is -4.25. The van der Waals surface area contributed by atoms with Crippen molar-refractivity contribution in [1.29, 1.82) is 0 Å². The van der Waals surface area contributed by atoms with Crippen molar-refractivity contribution in [2.75, 3.05) is 20.8 Å². The normalized spacial score (nSPS) is 11.0. The zero-order chi connectivity index (χ0) is 24.8. The minimum absolute atomic E-state index is 0.349. The fraction of sp³-hybridized carbons (Fsp3) is 0.167. The van der Waals surface area contributed by atoms with E-state index in [1.807, 2.05) is 60.7 Å². The van der Waals surface area contributed by atoms with Gasteiger partial charge in [0, 0.05) is 17.0 Å². The molecule has 0 saturated carbocycles. The van der Waals surface area contributed by atoms with Gasteiger partial charge in [0.2, 0.25) is 0 Å². The monoisotopic (exact) mass is 468 g/mol. The maximum Gasteiger partial charge on any atom is 0.330 e. The van der Waals surface area contributed by atoms with Crippen LogP contribution in [-0.4, -0.2) is 26.8 Å². The lowest BCUT2D eigenvalue weighted by Gasteiger charge is -2.18. The van der Waals surface area contributed by atoms with E-state index in [9.17, 15) is 4.79 Å². The van der Waals surface area contributed by atoms with E-state index in [1.54, 1.807) is 27.2 Å². The molecular weight excluding hydrogens is 440 g/mol. The first-order chi connectivity index (χ1) is 17.0. The average Bonchev–Trinajstić information content (AvgIpc) is 2.88. The number of esters is 1. The number of carbonyl (C=O) groups excluding carboxylic acids is 1. The van der Waals surface area contributed by atoms with Crippen LogP contribution in [0, 0.1) is 6.92 Å². The molecule has 0 bridgehead atoms. The lowest BCUT2D eigenvalue weighted by Crippen LogP contribution is -1.98. The van der Waals surface area contributed by atoms with Gasteiger partial charge < -0.3 is 18.9 Å². The number of rotatable bonds is 8. The lowest BCUT2D eigenvalue weighted by atomic mass is 9.94. The molecule has 0 heterocycles. The third kappa shape index (κ3) is 5.46. The van der Waals surface area contributed by atoms with E-state index in [1.165, 1.54) is 6.08 Å². The van der Waals surface area contributed by atoms with Gasteiger partial charge in [-0.05, 0) is 84.5 Å². The van der Waals surface area contributed by atoms with Crippen LogP contribution < -0.4 is 14.2 Å². The SMILES string of the molecule is CCOC(=O)/C=C/c1ccc(Oc2c(-c3cccc(OC)c3)c(C)cc3cc(OC)ccc23)cc1. The van der Waals surface area contributed by atoms with Gasteiger partial charge in [-0.2, -0.15) is 0 Å². The molecule has 0 aliphatic rings. The highest BCUT2D eigenvalue weighted by Gasteiger charge is 2.17. The molecule has 4 rings (SSSR count). The van der Waals surface area contributed by atoms with Crippen LogP contribution in [-0.2, 0) is 9.53 Å². The predicted octanol–water partition coefficient (Wildman–Crippen LogP) is 7.20. The number of fused-ring (bicyclic) bond motifs is 1. The highest BCUT2D eigenvalue weighted by molar-refractivity contribution is 5.98. The van der Waals surface area contributed by atoms with E-state index in [2.05, 4.69) is 19.1 Å². The standard InChI is InChI=1S/C30H28O5/c1-5-34-28(31)16-11-21-9-12-24(13-10-21)35-30-27-15-14-26(33-4)19-23(27)17-20(2)29(30)22-7-6-8-25(18-22)32-3/h6-19H,5H2,1-4H3/b16-11+. The molecule has 0 aliphatic carbocycles. The molecule has 5 nitrogen and oxygen atoms in total. The maximum absolute atomic E-state index is 11.6. The molecule has 35 heavy (non-hydrogen) atoms. The second-order valence-corrected chi connectivity index (χ2v) is 7.97. The summed E-state index contributed by atoms with van der Waals surface area (Å²) >= 11 is 0. The molecule has 178 valence electrons. The number of hydrogen-bond donors (Lipinski definition) is 0. The second kappa shape index (κ2) is 10.8. The van der Waals surface area contributed by atoms with E-state index in [4.69, 9.17) is 18.9 Å². The summed E-state index contributed by atoms with van der Waals surface area (Å²) in [6, 6.07) is 23.6. The van der Waals surface area contributed by atoms with Crippen molar-refractivity contribution in [2.45, 2.75) is 13.8 Å². The lowest BCUT2D eigenvalue weighted by molar-refractivity contribution is -0.137. The molecule has 0 saturated heterocycles. The molecule has 0 atom stereocenters. The molecule has 0 aliphatic heterocycles. The molecule has 0 fully saturated rings. The summed E-state index contributed by atoms with van der Waals surface area (Å²) in [7, 11) is 3.32. The Labute approximate surface area is 205 Å². The van der Waals surface area contributed by atoms with Gasteiger partial charge in [0.25, 0.3) is 0 Å². The molecule has 0 aromatic heterocycles. The van der Waals surface area contributed by atoms with Crippen molar-refractivity contribution in [3.05, 3.63) is 90.0 Å². The van der Waals surface area contributed by atoms with Crippen LogP contribution in [0.2, 0.25) is 0 Å². The van der Waals surface area contributed by atoms with E-state index >= 15 is 0 Å². The van der Waals surface area contributed by atoms with E-state index in [-0.39, 0.29) is 5.97 Å². The zero-order valence-electron chi connectivity index (χ0n) is 20.3. The van der Waals surface area contributed by atoms with Crippen molar-refractivity contribution >= 4 is 22.8 Å². The molecule has 0 radical (unpaired) electrons. The first-order valence-electron chi connectivity index (χ1n) is 11.4. The Morgan fingerprint density at radius 2 is 1.57 bits per heavy atom. The average molecular weight is 469 g/mol. The Morgan fingerprint density at radius 1 is 0.857 bits per heavy atom. The Morgan fingerprint density at radius 3 is 2.29 bits per heavy atom. The zero-order valence-corrected chi connectivity index (χ0v) is 20.3. The van der Waals surface area contributed by atoms with Gasteiger partial charge in [-0.1, -0.05) is 30.3 Å². The van der Waals surface area contributed by atoms with Crippen molar-refractivity contribution < 1.29 is 23.7 Å². The topological polar surface area (TPSA) is 54.0 Å². The van der Waals surface area contributed by atoms with Crippen LogP contribution in [0.5, 0.6) is 23.0 Å².